The molecule has 0 spiro atoms. The lowest BCUT2D eigenvalue weighted by molar-refractivity contribution is -0.137. The number of allylic oxidation sites excluding steroid dienone is 2. The van der Waals surface area contributed by atoms with Crippen LogP contribution in [-0.2, 0) is 6.18 Å². The van der Waals surface area contributed by atoms with Crippen molar-refractivity contribution in [2.45, 2.75) is 19.3 Å². The molecular weight excluding hydrogens is 336 g/mol. The highest BCUT2D eigenvalue weighted by molar-refractivity contribution is 6.08. The molecule has 1 aromatic carbocycles. The van der Waals surface area contributed by atoms with Crippen molar-refractivity contribution in [2.24, 2.45) is 5.10 Å². The fraction of sp³-hybridized carbons (Fsp3) is 0.200. The number of amidine groups is 1. The summed E-state index contributed by atoms with van der Waals surface area (Å²) in [6.07, 6.45) is -8.43. The van der Waals surface area contributed by atoms with Crippen LogP contribution in [0.2, 0.25) is 0 Å². The van der Waals surface area contributed by atoms with Crippen LogP contribution in [0.25, 0.3) is 0 Å². The lowest BCUT2D eigenvalue weighted by Crippen LogP contribution is -2.36. The van der Waals surface area contributed by atoms with Crippen LogP contribution in [0.15, 0.2) is 54.3 Å². The third-order valence-electron chi connectivity index (χ3n) is 2.75. The molecule has 0 aliphatic heterocycles. The van der Waals surface area contributed by atoms with Gasteiger partial charge in [-0.3, -0.25) is 5.41 Å². The zero-order chi connectivity index (χ0) is 18.7. The number of benzene rings is 1. The van der Waals surface area contributed by atoms with E-state index < -0.39 is 23.8 Å². The lowest BCUT2D eigenvalue weighted by Gasteiger charge is -2.22. The van der Waals surface area contributed by atoms with Gasteiger partial charge in [0.1, 0.15) is 0 Å². The van der Waals surface area contributed by atoms with Gasteiger partial charge in [-0.2, -0.15) is 31.4 Å². The summed E-state index contributed by atoms with van der Waals surface area (Å²) in [5.74, 6) is -1.78. The van der Waals surface area contributed by atoms with Crippen LogP contribution < -0.4 is 0 Å². The molecule has 0 bridgehead atoms. The summed E-state index contributed by atoms with van der Waals surface area (Å²) in [4.78, 5) is 0. The summed E-state index contributed by atoms with van der Waals surface area (Å²) in [6, 6.07) is 3.65. The van der Waals surface area contributed by atoms with Crippen LogP contribution in [0, 0.1) is 5.41 Å². The van der Waals surface area contributed by atoms with E-state index in [9.17, 15) is 26.3 Å². The molecule has 0 radical (unpaired) electrons. The van der Waals surface area contributed by atoms with Crippen LogP contribution in [0.1, 0.15) is 18.1 Å². The van der Waals surface area contributed by atoms with Crippen molar-refractivity contribution in [3.05, 3.63) is 60.3 Å². The summed E-state index contributed by atoms with van der Waals surface area (Å²) in [5.41, 5.74) is -1.13. The van der Waals surface area contributed by atoms with Crippen molar-refractivity contribution >= 4 is 11.5 Å². The van der Waals surface area contributed by atoms with E-state index in [0.29, 0.717) is 0 Å². The average Bonchev–Trinajstić information content (AvgIpc) is 2.45. The Labute approximate surface area is 134 Å². The van der Waals surface area contributed by atoms with Crippen molar-refractivity contribution in [3.63, 3.8) is 0 Å². The molecule has 0 aromatic heterocycles. The van der Waals surface area contributed by atoms with E-state index >= 15 is 0 Å². The summed E-state index contributed by atoms with van der Waals surface area (Å²) in [5, 5.41) is 11.0. The number of nitrogens with zero attached hydrogens (tertiary/aromatic N) is 2. The van der Waals surface area contributed by atoms with Gasteiger partial charge in [0.2, 0.25) is 5.84 Å². The normalized spacial score (nSPS) is 12.7. The molecule has 0 atom stereocenters. The van der Waals surface area contributed by atoms with E-state index in [2.05, 4.69) is 18.3 Å². The number of alkyl halides is 6. The molecule has 1 rings (SSSR count). The number of rotatable bonds is 4. The van der Waals surface area contributed by atoms with Gasteiger partial charge in [0, 0.05) is 11.3 Å². The second-order valence-electron chi connectivity index (χ2n) is 4.66. The van der Waals surface area contributed by atoms with Gasteiger partial charge in [-0.15, -0.1) is 0 Å². The van der Waals surface area contributed by atoms with Gasteiger partial charge < -0.3 is 0 Å². The number of hydrogen-bond donors (Lipinski definition) is 1. The Kier molecular flexibility index (Phi) is 5.59. The molecule has 3 nitrogen and oxygen atoms in total. The molecule has 0 amide bonds. The van der Waals surface area contributed by atoms with Gasteiger partial charge in [0.05, 0.1) is 11.3 Å². The van der Waals surface area contributed by atoms with E-state index in [-0.39, 0.29) is 22.0 Å². The first-order chi connectivity index (χ1) is 10.9. The Morgan fingerprint density at radius 3 is 1.96 bits per heavy atom. The molecule has 0 heterocycles. The molecule has 9 heteroatoms. The van der Waals surface area contributed by atoms with Crippen LogP contribution in [0.3, 0.4) is 0 Å². The molecule has 0 saturated heterocycles. The quantitative estimate of drug-likeness (QED) is 0.354. The molecule has 0 fully saturated rings. The predicted octanol–water partition coefficient (Wildman–Crippen LogP) is 4.97. The monoisotopic (exact) mass is 349 g/mol. The van der Waals surface area contributed by atoms with Crippen LogP contribution >= 0.6 is 0 Å². The Balaban J connectivity index is 3.27. The molecular formula is C15H13F6N3. The van der Waals surface area contributed by atoms with Gasteiger partial charge in [-0.25, -0.2) is 5.01 Å². The average molecular weight is 349 g/mol. The zero-order valence-electron chi connectivity index (χ0n) is 12.5. The van der Waals surface area contributed by atoms with E-state index in [0.717, 1.165) is 30.3 Å². The second-order valence-corrected chi connectivity index (χ2v) is 4.66. The van der Waals surface area contributed by atoms with Crippen molar-refractivity contribution in [3.8, 4) is 0 Å². The molecule has 24 heavy (non-hydrogen) atoms. The predicted molar refractivity (Wildman–Crippen MR) is 78.6 cm³/mol. The molecule has 0 saturated carbocycles. The fourth-order valence-electron chi connectivity index (χ4n) is 1.60. The highest BCUT2D eigenvalue weighted by atomic mass is 19.4. The van der Waals surface area contributed by atoms with Crippen molar-refractivity contribution in [1.29, 1.82) is 5.41 Å². The Bertz CT molecular complexity index is 668. The molecule has 0 unspecified atom stereocenters. The summed E-state index contributed by atoms with van der Waals surface area (Å²) in [6.45, 7) is 7.90. The van der Waals surface area contributed by atoms with Gasteiger partial charge in [0.25, 0.3) is 0 Å². The van der Waals surface area contributed by atoms with Crippen molar-refractivity contribution in [2.75, 3.05) is 0 Å². The third kappa shape index (κ3) is 4.71. The number of halogens is 6. The van der Waals surface area contributed by atoms with E-state index in [1.807, 2.05) is 0 Å². The zero-order valence-corrected chi connectivity index (χ0v) is 12.5. The minimum Gasteiger partial charge on any atom is -0.279 e. The molecule has 0 aliphatic carbocycles. The first kappa shape index (κ1) is 19.5. The van der Waals surface area contributed by atoms with E-state index in [4.69, 9.17) is 5.41 Å². The highest BCUT2D eigenvalue weighted by Crippen LogP contribution is 2.29. The topological polar surface area (TPSA) is 39.5 Å². The Morgan fingerprint density at radius 1 is 1.12 bits per heavy atom. The van der Waals surface area contributed by atoms with Crippen LogP contribution in [0.5, 0.6) is 0 Å². The van der Waals surface area contributed by atoms with E-state index in [1.165, 1.54) is 6.92 Å². The number of hydrogen-bond acceptors (Lipinski definition) is 2. The molecule has 130 valence electrons. The standard InChI is InChI=1S/C15H13F6N3/c1-4-12(10-5-7-11(8-6-10)14(16,17)18)23-24(9(2)3)13(22)15(19,20)21/h4-8,22H,1-2H2,3H3/b22-13?,23-12+. The smallest absolute Gasteiger partial charge is 0.279 e. The first-order valence-electron chi connectivity index (χ1n) is 6.38. The summed E-state index contributed by atoms with van der Waals surface area (Å²) < 4.78 is 75.6. The minimum absolute atomic E-state index is 0.110. The first-order valence-corrected chi connectivity index (χ1v) is 6.38. The minimum atomic E-state index is -4.96. The maximum Gasteiger partial charge on any atom is 0.450 e. The van der Waals surface area contributed by atoms with Gasteiger partial charge in [-0.05, 0) is 25.1 Å². The molecule has 1 aromatic rings. The summed E-state index contributed by atoms with van der Waals surface area (Å²) >= 11 is 0. The largest absolute Gasteiger partial charge is 0.450 e. The fourth-order valence-corrected chi connectivity index (χ4v) is 1.60. The maximum absolute atomic E-state index is 12.7. The number of hydrazone groups is 1. The Morgan fingerprint density at radius 2 is 1.62 bits per heavy atom. The lowest BCUT2D eigenvalue weighted by atomic mass is 10.1. The van der Waals surface area contributed by atoms with Crippen LogP contribution in [-0.4, -0.2) is 22.7 Å². The van der Waals surface area contributed by atoms with E-state index in [1.54, 1.807) is 0 Å². The summed E-state index contributed by atoms with van der Waals surface area (Å²) in [7, 11) is 0. The van der Waals surface area contributed by atoms with Gasteiger partial charge >= 0.3 is 12.4 Å². The van der Waals surface area contributed by atoms with Crippen LogP contribution in [0.4, 0.5) is 26.3 Å². The Hall–Kier alpha value is -2.58. The SMILES string of the molecule is C=C/C(=N\N(C(=C)C)C(=N)C(F)(F)F)c1ccc(C(F)(F)F)cc1. The van der Waals surface area contributed by atoms with Crippen molar-refractivity contribution in [1.82, 2.24) is 5.01 Å². The number of nitrogens with one attached hydrogen (secondary N) is 1. The molecule has 1 N–H and O–H groups in total. The van der Waals surface area contributed by atoms with Gasteiger partial charge in [0.15, 0.2) is 0 Å². The third-order valence-corrected chi connectivity index (χ3v) is 2.75. The van der Waals surface area contributed by atoms with Crippen molar-refractivity contribution < 1.29 is 26.3 Å². The highest BCUT2D eigenvalue weighted by Gasteiger charge is 2.39. The van der Waals surface area contributed by atoms with Gasteiger partial charge in [-0.1, -0.05) is 25.3 Å². The maximum atomic E-state index is 12.7. The second kappa shape index (κ2) is 6.90. The molecule has 0 aliphatic rings.